The Balaban J connectivity index is 1.12. The molecule has 176 valence electrons. The Morgan fingerprint density at radius 1 is 0.452 bits per heavy atom. The van der Waals surface area contributed by atoms with Gasteiger partial charge in [0.05, 0.1) is 0 Å². The minimum Gasteiger partial charge on any atom is -0.0992 e. The minimum atomic E-state index is 0.309. The average Bonchev–Trinajstić information content (AvgIpc) is 2.73. The van der Waals surface area contributed by atoms with Gasteiger partial charge in [0.15, 0.2) is 0 Å². The molecule has 8 fully saturated rings. The van der Waals surface area contributed by atoms with E-state index in [-0.39, 0.29) is 0 Å². The summed E-state index contributed by atoms with van der Waals surface area (Å²) in [5.41, 5.74) is 2.46. The van der Waals surface area contributed by atoms with Crippen LogP contribution in [0, 0.1) is 47.3 Å². The van der Waals surface area contributed by atoms with E-state index in [0.29, 0.717) is 7.92 Å². The predicted molar refractivity (Wildman–Crippen MR) is 136 cm³/mol. The van der Waals surface area contributed by atoms with Crippen LogP contribution in [0.5, 0.6) is 0 Å². The molecule has 0 atom stereocenters. The molecule has 0 radical (unpaired) electrons. The van der Waals surface area contributed by atoms with Crippen molar-refractivity contribution in [1.29, 1.82) is 0 Å². The third-order valence-electron chi connectivity index (χ3n) is 11.4. The van der Waals surface area contributed by atoms with E-state index in [1.165, 1.54) is 73.5 Å². The highest BCUT2D eigenvalue weighted by Crippen LogP contribution is 2.71. The van der Waals surface area contributed by atoms with Gasteiger partial charge in [-0.3, -0.25) is 0 Å². The second kappa shape index (κ2) is 9.59. The van der Waals surface area contributed by atoms with E-state index in [0.717, 1.165) is 23.7 Å². The van der Waals surface area contributed by atoms with Crippen LogP contribution in [-0.4, -0.2) is 17.5 Å². The van der Waals surface area contributed by atoms with Crippen molar-refractivity contribution in [1.82, 2.24) is 0 Å². The number of unbranched alkanes of at least 4 members (excludes halogenated alkanes) is 7. The van der Waals surface area contributed by atoms with Gasteiger partial charge in [-0.05, 0) is 135 Å². The van der Waals surface area contributed by atoms with E-state index in [1.807, 2.05) is 0 Å². The molecule has 0 amide bonds. The van der Waals surface area contributed by atoms with Crippen LogP contribution in [0.2, 0.25) is 0 Å². The van der Waals surface area contributed by atoms with E-state index >= 15 is 0 Å². The molecule has 0 aliphatic heterocycles. The number of hydrogen-bond acceptors (Lipinski definition) is 0. The lowest BCUT2D eigenvalue weighted by atomic mass is 9.55. The Kier molecular flexibility index (Phi) is 6.78. The summed E-state index contributed by atoms with van der Waals surface area (Å²) in [5, 5.41) is 0. The molecule has 0 unspecified atom stereocenters. The fourth-order valence-corrected chi connectivity index (χ4v) is 15.5. The largest absolute Gasteiger partial charge is 0.0992 e. The molecule has 0 aromatic rings. The first-order valence-corrected chi connectivity index (χ1v) is 16.7. The molecule has 8 bridgehead atoms. The SMILES string of the molecule is CCCCCCCCCCP(C1C2CC3CC(C2)CC1C3)C1C2CC3CC(C2)CC1C3. The summed E-state index contributed by atoms with van der Waals surface area (Å²) in [6.45, 7) is 2.34. The molecule has 0 spiro atoms. The van der Waals surface area contributed by atoms with Crippen molar-refractivity contribution < 1.29 is 0 Å². The first-order chi connectivity index (χ1) is 15.3. The highest BCUT2D eigenvalue weighted by molar-refractivity contribution is 7.59. The lowest BCUT2D eigenvalue weighted by molar-refractivity contribution is 0.0129. The Hall–Kier alpha value is 0.430. The Labute approximate surface area is 195 Å². The summed E-state index contributed by atoms with van der Waals surface area (Å²) in [6.07, 6.45) is 30.4. The summed E-state index contributed by atoms with van der Waals surface area (Å²) >= 11 is 0. The lowest BCUT2D eigenvalue weighted by Crippen LogP contribution is -2.53. The van der Waals surface area contributed by atoms with Crippen LogP contribution in [0.3, 0.4) is 0 Å². The second-order valence-corrected chi connectivity index (χ2v) is 16.2. The molecule has 0 N–H and O–H groups in total. The quantitative estimate of drug-likeness (QED) is 0.221. The topological polar surface area (TPSA) is 0 Å². The molecular formula is C30H51P. The van der Waals surface area contributed by atoms with Gasteiger partial charge in [-0.25, -0.2) is 0 Å². The highest BCUT2D eigenvalue weighted by atomic mass is 31.1. The van der Waals surface area contributed by atoms with E-state index < -0.39 is 0 Å². The van der Waals surface area contributed by atoms with Crippen LogP contribution >= 0.6 is 7.92 Å². The maximum Gasteiger partial charge on any atom is -0.0149 e. The molecular weight excluding hydrogens is 391 g/mol. The van der Waals surface area contributed by atoms with Crippen LogP contribution in [-0.2, 0) is 0 Å². The fraction of sp³-hybridized carbons (Fsp3) is 1.00. The normalized spacial score (nSPS) is 47.9. The first-order valence-electron chi connectivity index (χ1n) is 15.0. The summed E-state index contributed by atoms with van der Waals surface area (Å²) in [7, 11) is 0.309. The van der Waals surface area contributed by atoms with Crippen molar-refractivity contribution in [3.63, 3.8) is 0 Å². The van der Waals surface area contributed by atoms with Gasteiger partial charge in [-0.2, -0.15) is 0 Å². The maximum atomic E-state index is 2.34. The molecule has 0 aromatic heterocycles. The molecule has 31 heavy (non-hydrogen) atoms. The van der Waals surface area contributed by atoms with Crippen LogP contribution in [0.15, 0.2) is 0 Å². The Bertz CT molecular complexity index is 497. The molecule has 8 rings (SSSR count). The zero-order valence-electron chi connectivity index (χ0n) is 20.7. The second-order valence-electron chi connectivity index (χ2n) is 13.6. The zero-order chi connectivity index (χ0) is 20.8. The van der Waals surface area contributed by atoms with Gasteiger partial charge >= 0.3 is 0 Å². The summed E-state index contributed by atoms with van der Waals surface area (Å²) in [4.78, 5) is 0. The van der Waals surface area contributed by atoms with Gasteiger partial charge in [0.25, 0.3) is 0 Å². The van der Waals surface area contributed by atoms with Crippen molar-refractivity contribution >= 4 is 7.92 Å². The third-order valence-corrected chi connectivity index (χ3v) is 15.4. The molecule has 8 saturated carbocycles. The standard InChI is InChI=1S/C30H51P/c1-2-3-4-5-6-7-8-9-10-31(29-25-13-21-11-22(15-25)16-26(29)14-21)30-27-17-23-12-24(19-27)20-28(30)18-23/h21-30H,2-20H2,1H3. The molecule has 1 heteroatoms. The van der Waals surface area contributed by atoms with Crippen molar-refractivity contribution in [3.05, 3.63) is 0 Å². The molecule has 8 aliphatic carbocycles. The highest BCUT2D eigenvalue weighted by Gasteiger charge is 2.56. The van der Waals surface area contributed by atoms with Gasteiger partial charge in [-0.15, -0.1) is 0 Å². The predicted octanol–water partition coefficient (Wildman–Crippen LogP) is 9.26. The van der Waals surface area contributed by atoms with Crippen LogP contribution in [0.1, 0.15) is 122 Å². The first kappa shape index (κ1) is 21.9. The molecule has 0 heterocycles. The van der Waals surface area contributed by atoms with E-state index in [4.69, 9.17) is 0 Å². The summed E-state index contributed by atoms with van der Waals surface area (Å²) in [6, 6.07) is 0. The molecule has 0 nitrogen and oxygen atoms in total. The van der Waals surface area contributed by atoms with Gasteiger partial charge in [-0.1, -0.05) is 59.8 Å². The molecule has 0 saturated heterocycles. The van der Waals surface area contributed by atoms with Crippen molar-refractivity contribution in [2.24, 2.45) is 47.3 Å². The summed E-state index contributed by atoms with van der Waals surface area (Å²) in [5.74, 6) is 9.41. The van der Waals surface area contributed by atoms with Gasteiger partial charge in [0.2, 0.25) is 0 Å². The van der Waals surface area contributed by atoms with Gasteiger partial charge in [0.1, 0.15) is 0 Å². The zero-order valence-corrected chi connectivity index (χ0v) is 21.6. The van der Waals surface area contributed by atoms with Gasteiger partial charge in [0, 0.05) is 0 Å². The van der Waals surface area contributed by atoms with Crippen molar-refractivity contribution in [2.75, 3.05) is 6.16 Å². The van der Waals surface area contributed by atoms with Crippen LogP contribution in [0.4, 0.5) is 0 Å². The van der Waals surface area contributed by atoms with Crippen molar-refractivity contribution in [3.8, 4) is 0 Å². The van der Waals surface area contributed by atoms with Crippen molar-refractivity contribution in [2.45, 2.75) is 134 Å². The van der Waals surface area contributed by atoms with E-state index in [9.17, 15) is 0 Å². The van der Waals surface area contributed by atoms with E-state index in [2.05, 4.69) is 6.92 Å². The Morgan fingerprint density at radius 2 is 0.806 bits per heavy atom. The molecule has 0 aromatic carbocycles. The number of rotatable bonds is 11. The smallest absolute Gasteiger partial charge is 0.0149 e. The van der Waals surface area contributed by atoms with E-state index in [1.54, 1.807) is 83.2 Å². The lowest BCUT2D eigenvalue weighted by Gasteiger charge is -2.62. The maximum absolute atomic E-state index is 2.34. The average molecular weight is 443 g/mol. The minimum absolute atomic E-state index is 0.309. The fourth-order valence-electron chi connectivity index (χ4n) is 10.8. The van der Waals surface area contributed by atoms with Gasteiger partial charge < -0.3 is 0 Å². The van der Waals surface area contributed by atoms with Crippen LogP contribution < -0.4 is 0 Å². The third kappa shape index (κ3) is 4.44. The van der Waals surface area contributed by atoms with Crippen LogP contribution in [0.25, 0.3) is 0 Å². The Morgan fingerprint density at radius 3 is 1.19 bits per heavy atom. The monoisotopic (exact) mass is 442 g/mol. The number of hydrogen-bond donors (Lipinski definition) is 0. The molecule has 8 aliphatic rings. The summed E-state index contributed by atoms with van der Waals surface area (Å²) < 4.78 is 0.